The second kappa shape index (κ2) is 5.03. The molecular formula is C8H11N3O4S. The number of hydrazine groups is 1. The minimum atomic E-state index is -1.70. The van der Waals surface area contributed by atoms with Crippen LogP contribution in [0.5, 0.6) is 0 Å². The van der Waals surface area contributed by atoms with Gasteiger partial charge in [0.05, 0.1) is 4.88 Å². The van der Waals surface area contributed by atoms with Crippen molar-refractivity contribution in [1.29, 1.82) is 0 Å². The van der Waals surface area contributed by atoms with Crippen LogP contribution >= 0.6 is 11.3 Å². The normalized spacial score (nSPS) is 14.2. The van der Waals surface area contributed by atoms with Gasteiger partial charge in [0, 0.05) is 4.88 Å². The molecule has 2 unspecified atom stereocenters. The lowest BCUT2D eigenvalue weighted by Crippen LogP contribution is -2.33. The number of thiophene rings is 1. The van der Waals surface area contributed by atoms with Gasteiger partial charge in [-0.25, -0.2) is 5.84 Å². The summed E-state index contributed by atoms with van der Waals surface area (Å²) in [5.74, 6) is 3.37. The Balaban J connectivity index is 2.85. The van der Waals surface area contributed by atoms with Crippen LogP contribution in [0, 0.1) is 0 Å². The molecule has 0 aromatic carbocycles. The van der Waals surface area contributed by atoms with Crippen molar-refractivity contribution in [3.05, 3.63) is 21.9 Å². The third-order valence-corrected chi connectivity index (χ3v) is 3.02. The third-order valence-electron chi connectivity index (χ3n) is 1.86. The Kier molecular flexibility index (Phi) is 3.96. The van der Waals surface area contributed by atoms with Crippen LogP contribution in [0.3, 0.4) is 0 Å². The Hall–Kier alpha value is -1.48. The van der Waals surface area contributed by atoms with E-state index in [1.807, 2.05) is 5.43 Å². The van der Waals surface area contributed by atoms with Gasteiger partial charge in [0.1, 0.15) is 6.10 Å². The first-order valence-corrected chi connectivity index (χ1v) is 5.05. The quantitative estimate of drug-likeness (QED) is 0.243. The fraction of sp³-hybridized carbons (Fsp3) is 0.250. The predicted octanol–water partition coefficient (Wildman–Crippen LogP) is -1.77. The average Bonchev–Trinajstić information content (AvgIpc) is 2.75. The summed E-state index contributed by atoms with van der Waals surface area (Å²) >= 11 is 0.910. The molecule has 88 valence electrons. The lowest BCUT2D eigenvalue weighted by atomic mass is 10.1. The Labute approximate surface area is 94.6 Å². The zero-order valence-electron chi connectivity index (χ0n) is 8.08. The molecule has 1 aromatic rings. The van der Waals surface area contributed by atoms with E-state index in [-0.39, 0.29) is 9.75 Å². The first kappa shape index (κ1) is 12.6. The molecule has 0 saturated heterocycles. The molecule has 2 amide bonds. The van der Waals surface area contributed by atoms with Gasteiger partial charge in [-0.05, 0) is 12.1 Å². The fourth-order valence-electron chi connectivity index (χ4n) is 1.02. The number of nitrogens with one attached hydrogen (secondary N) is 1. The van der Waals surface area contributed by atoms with E-state index in [1.165, 1.54) is 12.1 Å². The van der Waals surface area contributed by atoms with E-state index in [4.69, 9.17) is 11.6 Å². The van der Waals surface area contributed by atoms with Gasteiger partial charge in [-0.3, -0.25) is 15.0 Å². The summed E-state index contributed by atoms with van der Waals surface area (Å²) in [6, 6.07) is 2.82. The van der Waals surface area contributed by atoms with Crippen molar-refractivity contribution < 1.29 is 19.8 Å². The van der Waals surface area contributed by atoms with Crippen LogP contribution < -0.4 is 17.0 Å². The SMILES string of the molecule is NNC(=O)c1ccc(C(O)C(O)C(N)=O)s1. The van der Waals surface area contributed by atoms with E-state index in [1.54, 1.807) is 0 Å². The van der Waals surface area contributed by atoms with Crippen LogP contribution in [0.15, 0.2) is 12.1 Å². The van der Waals surface area contributed by atoms with Crippen LogP contribution in [0.4, 0.5) is 0 Å². The molecule has 2 atom stereocenters. The number of aliphatic hydroxyl groups is 2. The summed E-state index contributed by atoms with van der Waals surface area (Å²) in [7, 11) is 0. The topological polar surface area (TPSA) is 139 Å². The molecule has 7 N–H and O–H groups in total. The van der Waals surface area contributed by atoms with Crippen LogP contribution in [0.1, 0.15) is 20.7 Å². The highest BCUT2D eigenvalue weighted by atomic mass is 32.1. The van der Waals surface area contributed by atoms with E-state index >= 15 is 0 Å². The molecule has 1 heterocycles. The molecule has 0 bridgehead atoms. The first-order chi connectivity index (χ1) is 7.47. The summed E-state index contributed by atoms with van der Waals surface area (Å²) in [6.45, 7) is 0. The number of hydrogen-bond acceptors (Lipinski definition) is 6. The van der Waals surface area contributed by atoms with Crippen molar-refractivity contribution in [1.82, 2.24) is 5.43 Å². The number of nitrogens with two attached hydrogens (primary N) is 2. The smallest absolute Gasteiger partial charge is 0.275 e. The van der Waals surface area contributed by atoms with Gasteiger partial charge in [0.15, 0.2) is 6.10 Å². The maximum Gasteiger partial charge on any atom is 0.275 e. The molecule has 0 aliphatic rings. The minimum absolute atomic E-state index is 0.255. The van der Waals surface area contributed by atoms with Crippen molar-refractivity contribution in [3.63, 3.8) is 0 Å². The lowest BCUT2D eigenvalue weighted by molar-refractivity contribution is -0.131. The van der Waals surface area contributed by atoms with E-state index in [0.717, 1.165) is 11.3 Å². The van der Waals surface area contributed by atoms with Crippen molar-refractivity contribution >= 4 is 23.2 Å². The molecule has 0 aliphatic heterocycles. The van der Waals surface area contributed by atoms with Crippen molar-refractivity contribution in [2.24, 2.45) is 11.6 Å². The highest BCUT2D eigenvalue weighted by Crippen LogP contribution is 2.25. The average molecular weight is 245 g/mol. The summed E-state index contributed by atoms with van der Waals surface area (Å²) in [4.78, 5) is 22.2. The Bertz CT molecular complexity index is 406. The number of primary amides is 1. The molecule has 1 aromatic heterocycles. The second-order valence-electron chi connectivity index (χ2n) is 2.97. The fourth-order valence-corrected chi connectivity index (χ4v) is 1.94. The summed E-state index contributed by atoms with van der Waals surface area (Å²) in [5.41, 5.74) is 6.74. The maximum absolute atomic E-state index is 11.1. The largest absolute Gasteiger partial charge is 0.384 e. The van der Waals surface area contributed by atoms with Crippen LogP contribution in [-0.4, -0.2) is 28.1 Å². The van der Waals surface area contributed by atoms with Gasteiger partial charge in [-0.2, -0.15) is 0 Å². The molecule has 0 saturated carbocycles. The van der Waals surface area contributed by atoms with Gasteiger partial charge < -0.3 is 15.9 Å². The third kappa shape index (κ3) is 2.55. The van der Waals surface area contributed by atoms with Gasteiger partial charge in [-0.1, -0.05) is 0 Å². The molecule has 8 heteroatoms. The zero-order valence-corrected chi connectivity index (χ0v) is 8.90. The Morgan fingerprint density at radius 2 is 2.00 bits per heavy atom. The molecular weight excluding hydrogens is 234 g/mol. The van der Waals surface area contributed by atoms with Crippen LogP contribution in [-0.2, 0) is 4.79 Å². The Morgan fingerprint density at radius 1 is 1.38 bits per heavy atom. The number of rotatable bonds is 4. The molecule has 1 rings (SSSR count). The number of carbonyl (C=O) groups excluding carboxylic acids is 2. The molecule has 0 fully saturated rings. The van der Waals surface area contributed by atoms with E-state index < -0.39 is 24.0 Å². The van der Waals surface area contributed by atoms with Gasteiger partial charge in [0.25, 0.3) is 5.91 Å². The van der Waals surface area contributed by atoms with Gasteiger partial charge in [0.2, 0.25) is 5.91 Å². The van der Waals surface area contributed by atoms with E-state index in [0.29, 0.717) is 0 Å². The van der Waals surface area contributed by atoms with Crippen molar-refractivity contribution in [3.8, 4) is 0 Å². The molecule has 0 aliphatic carbocycles. The number of carbonyl (C=O) groups is 2. The maximum atomic E-state index is 11.1. The zero-order chi connectivity index (χ0) is 12.3. The number of hydrogen-bond donors (Lipinski definition) is 5. The summed E-state index contributed by atoms with van der Waals surface area (Å²) in [5, 5.41) is 18.7. The highest BCUT2D eigenvalue weighted by molar-refractivity contribution is 7.14. The van der Waals surface area contributed by atoms with E-state index in [2.05, 4.69) is 0 Å². The van der Waals surface area contributed by atoms with Crippen LogP contribution in [0.25, 0.3) is 0 Å². The van der Waals surface area contributed by atoms with E-state index in [9.17, 15) is 19.8 Å². The predicted molar refractivity (Wildman–Crippen MR) is 56.1 cm³/mol. The van der Waals surface area contributed by atoms with Gasteiger partial charge >= 0.3 is 0 Å². The monoisotopic (exact) mass is 245 g/mol. The summed E-state index contributed by atoms with van der Waals surface area (Å²) < 4.78 is 0. The molecule has 0 spiro atoms. The number of nitrogen functional groups attached to an aromatic ring is 1. The standard InChI is InChI=1S/C8H11N3O4S/c9-7(14)6(13)5(12)3-1-2-4(16-3)8(15)11-10/h1-2,5-6,12-13H,10H2,(H2,9,14)(H,11,15). The molecule has 0 radical (unpaired) electrons. The summed E-state index contributed by atoms with van der Waals surface area (Å²) in [6.07, 6.45) is -3.14. The lowest BCUT2D eigenvalue weighted by Gasteiger charge is -2.12. The number of aliphatic hydroxyl groups excluding tert-OH is 2. The highest BCUT2D eigenvalue weighted by Gasteiger charge is 2.25. The molecule has 16 heavy (non-hydrogen) atoms. The molecule has 7 nitrogen and oxygen atoms in total. The number of amides is 2. The van der Waals surface area contributed by atoms with Crippen molar-refractivity contribution in [2.45, 2.75) is 12.2 Å². The minimum Gasteiger partial charge on any atom is -0.384 e. The second-order valence-corrected chi connectivity index (χ2v) is 4.08. The van der Waals surface area contributed by atoms with Crippen LogP contribution in [0.2, 0.25) is 0 Å². The Morgan fingerprint density at radius 3 is 2.50 bits per heavy atom. The first-order valence-electron chi connectivity index (χ1n) is 4.23. The van der Waals surface area contributed by atoms with Crippen molar-refractivity contribution in [2.75, 3.05) is 0 Å². The van der Waals surface area contributed by atoms with Gasteiger partial charge in [-0.15, -0.1) is 11.3 Å².